The first-order valence-electron chi connectivity index (χ1n) is 9.03. The van der Waals surface area contributed by atoms with Crippen molar-refractivity contribution in [3.05, 3.63) is 12.3 Å². The van der Waals surface area contributed by atoms with E-state index in [2.05, 4.69) is 9.47 Å². The largest absolute Gasteiger partial charge is 0.510 e. The second-order valence-electron chi connectivity index (χ2n) is 5.90. The molecule has 0 saturated heterocycles. The zero-order valence-corrected chi connectivity index (χ0v) is 14.6. The summed E-state index contributed by atoms with van der Waals surface area (Å²) in [5.74, 6) is 0. The molecule has 0 heterocycles. The Balaban J connectivity index is 3.06. The fourth-order valence-corrected chi connectivity index (χ4v) is 2.47. The Morgan fingerprint density at radius 1 is 0.667 bits per heavy atom. The first-order valence-corrected chi connectivity index (χ1v) is 9.03. The van der Waals surface area contributed by atoms with Crippen LogP contribution in [0, 0.1) is 0 Å². The Bertz CT molecular complexity index is 340. The van der Waals surface area contributed by atoms with Crippen LogP contribution < -0.4 is 0 Å². The number of carbonyl (C=O) groups is 2. The summed E-state index contributed by atoms with van der Waals surface area (Å²) in [5, 5.41) is 16.6. The third kappa shape index (κ3) is 20.3. The van der Waals surface area contributed by atoms with Gasteiger partial charge in [-0.05, 0) is 25.3 Å². The summed E-state index contributed by atoms with van der Waals surface area (Å²) in [5.41, 5.74) is 0. The summed E-state index contributed by atoms with van der Waals surface area (Å²) < 4.78 is 8.73. The molecule has 0 unspecified atom stereocenters. The highest BCUT2D eigenvalue weighted by Crippen LogP contribution is 2.12. The lowest BCUT2D eigenvalue weighted by molar-refractivity contribution is 0.0899. The van der Waals surface area contributed by atoms with E-state index < -0.39 is 12.3 Å². The highest BCUT2D eigenvalue weighted by atomic mass is 16.7. The molecule has 0 aliphatic heterocycles. The van der Waals surface area contributed by atoms with Gasteiger partial charge in [0.25, 0.3) is 0 Å². The molecule has 0 fully saturated rings. The van der Waals surface area contributed by atoms with Gasteiger partial charge >= 0.3 is 12.3 Å². The monoisotopic (exact) mass is 344 g/mol. The van der Waals surface area contributed by atoms with Gasteiger partial charge in [0.15, 0.2) is 0 Å². The fourth-order valence-electron chi connectivity index (χ4n) is 2.47. The third-order valence-corrected chi connectivity index (χ3v) is 3.76. The van der Waals surface area contributed by atoms with Crippen molar-refractivity contribution in [2.45, 2.75) is 83.5 Å². The van der Waals surface area contributed by atoms with Crippen molar-refractivity contribution in [3.8, 4) is 0 Å². The quantitative estimate of drug-likeness (QED) is 0.204. The number of allylic oxidation sites excluding steroid dienone is 1. The molecule has 2 N–H and O–H groups in total. The average Bonchev–Trinajstić information content (AvgIpc) is 2.53. The summed E-state index contributed by atoms with van der Waals surface area (Å²) in [6.07, 6.45) is 15.5. The van der Waals surface area contributed by atoms with Crippen molar-refractivity contribution < 1.29 is 29.3 Å². The Kier molecular flexibility index (Phi) is 16.4. The Labute approximate surface area is 144 Å². The van der Waals surface area contributed by atoms with Crippen LogP contribution in [0.2, 0.25) is 0 Å². The molecule has 0 atom stereocenters. The van der Waals surface area contributed by atoms with Gasteiger partial charge in [-0.2, -0.15) is 0 Å². The van der Waals surface area contributed by atoms with Crippen molar-refractivity contribution in [2.75, 3.05) is 6.61 Å². The van der Waals surface area contributed by atoms with Crippen molar-refractivity contribution in [3.63, 3.8) is 0 Å². The summed E-state index contributed by atoms with van der Waals surface area (Å²) in [6.45, 7) is 0.317. The predicted molar refractivity (Wildman–Crippen MR) is 92.2 cm³/mol. The molecule has 0 aliphatic carbocycles. The van der Waals surface area contributed by atoms with Crippen LogP contribution in [-0.2, 0) is 9.47 Å². The smallest absolute Gasteiger partial charge is 0.450 e. The number of rotatable bonds is 16. The number of hydrogen-bond acceptors (Lipinski definition) is 4. The maximum absolute atomic E-state index is 10.1. The zero-order valence-electron chi connectivity index (χ0n) is 14.6. The number of unbranched alkanes of at least 4 members (excludes halogenated alkanes) is 12. The molecule has 0 aromatic carbocycles. The molecule has 0 spiro atoms. The van der Waals surface area contributed by atoms with Crippen LogP contribution in [-0.4, -0.2) is 29.1 Å². The normalized spacial score (nSPS) is 10.8. The van der Waals surface area contributed by atoms with E-state index in [1.165, 1.54) is 57.6 Å². The molecule has 0 aliphatic rings. The number of carboxylic acid groups (broad SMARTS) is 2. The van der Waals surface area contributed by atoms with E-state index in [4.69, 9.17) is 10.2 Å². The van der Waals surface area contributed by atoms with Crippen LogP contribution in [0.4, 0.5) is 9.59 Å². The molecule has 0 saturated carbocycles. The Hall–Kier alpha value is -1.72. The van der Waals surface area contributed by atoms with Gasteiger partial charge in [-0.25, -0.2) is 9.59 Å². The molecule has 24 heavy (non-hydrogen) atoms. The highest BCUT2D eigenvalue weighted by molar-refractivity contribution is 5.57. The molecule has 0 aromatic heterocycles. The van der Waals surface area contributed by atoms with E-state index in [0.29, 0.717) is 6.61 Å². The number of hydrogen-bond donors (Lipinski definition) is 2. The van der Waals surface area contributed by atoms with Gasteiger partial charge in [-0.15, -0.1) is 0 Å². The van der Waals surface area contributed by atoms with Gasteiger partial charge in [0, 0.05) is 0 Å². The zero-order chi connectivity index (χ0) is 17.9. The molecule has 6 heteroatoms. The fraction of sp³-hybridized carbons (Fsp3) is 0.778. The maximum atomic E-state index is 10.1. The highest BCUT2D eigenvalue weighted by Gasteiger charge is 1.96. The SMILES string of the molecule is O=C(O)OC=CCCCCCCCCCCCCCCOC(=O)O. The number of ether oxygens (including phenoxy) is 2. The molecular formula is C18H32O6. The van der Waals surface area contributed by atoms with Gasteiger partial charge in [0.05, 0.1) is 12.9 Å². The van der Waals surface area contributed by atoms with Crippen molar-refractivity contribution in [1.82, 2.24) is 0 Å². The van der Waals surface area contributed by atoms with Crippen molar-refractivity contribution in [2.24, 2.45) is 0 Å². The molecule has 0 rings (SSSR count). The molecule has 140 valence electrons. The van der Waals surface area contributed by atoms with Crippen LogP contribution >= 0.6 is 0 Å². The summed E-state index contributed by atoms with van der Waals surface area (Å²) in [6, 6.07) is 0. The Morgan fingerprint density at radius 2 is 1.12 bits per heavy atom. The van der Waals surface area contributed by atoms with Crippen LogP contribution in [0.5, 0.6) is 0 Å². The van der Waals surface area contributed by atoms with Gasteiger partial charge in [0.1, 0.15) is 0 Å². The lowest BCUT2D eigenvalue weighted by Crippen LogP contribution is -2.01. The maximum Gasteiger partial charge on any atom is 0.510 e. The van der Waals surface area contributed by atoms with E-state index >= 15 is 0 Å². The van der Waals surface area contributed by atoms with E-state index in [1.54, 1.807) is 6.08 Å². The second-order valence-corrected chi connectivity index (χ2v) is 5.90. The lowest BCUT2D eigenvalue weighted by Gasteiger charge is -2.03. The summed E-state index contributed by atoms with van der Waals surface area (Å²) in [7, 11) is 0. The Morgan fingerprint density at radius 3 is 1.58 bits per heavy atom. The van der Waals surface area contributed by atoms with Gasteiger partial charge < -0.3 is 19.7 Å². The van der Waals surface area contributed by atoms with Gasteiger partial charge in [-0.3, -0.25) is 0 Å². The minimum Gasteiger partial charge on any atom is -0.450 e. The van der Waals surface area contributed by atoms with E-state index in [0.717, 1.165) is 32.1 Å². The first-order chi connectivity index (χ1) is 11.6. The van der Waals surface area contributed by atoms with Crippen LogP contribution in [0.3, 0.4) is 0 Å². The lowest BCUT2D eigenvalue weighted by atomic mass is 10.0. The predicted octanol–water partition coefficient (Wildman–Crippen LogP) is 5.96. The standard InChI is InChI=1S/C18H32O6/c19-17(20)23-15-13-11-9-7-5-3-1-2-4-6-8-10-12-14-16-24-18(21)22/h13,15H,1-12,14,16H2,(H,19,20)(H,21,22). The van der Waals surface area contributed by atoms with Crippen molar-refractivity contribution >= 4 is 12.3 Å². The molecule has 0 bridgehead atoms. The average molecular weight is 344 g/mol. The molecule has 6 nitrogen and oxygen atoms in total. The van der Waals surface area contributed by atoms with Crippen LogP contribution in [0.15, 0.2) is 12.3 Å². The second kappa shape index (κ2) is 17.6. The molecule has 0 amide bonds. The minimum atomic E-state index is -1.27. The van der Waals surface area contributed by atoms with Gasteiger partial charge in [-0.1, -0.05) is 64.2 Å². The van der Waals surface area contributed by atoms with Crippen LogP contribution in [0.1, 0.15) is 83.5 Å². The minimum absolute atomic E-state index is 0.317. The molecular weight excluding hydrogens is 312 g/mol. The summed E-state index contributed by atoms with van der Waals surface area (Å²) >= 11 is 0. The van der Waals surface area contributed by atoms with Crippen LogP contribution in [0.25, 0.3) is 0 Å². The van der Waals surface area contributed by atoms with E-state index in [-0.39, 0.29) is 0 Å². The first kappa shape index (κ1) is 22.3. The molecule has 0 aromatic rings. The van der Waals surface area contributed by atoms with E-state index in [1.807, 2.05) is 0 Å². The topological polar surface area (TPSA) is 93.1 Å². The third-order valence-electron chi connectivity index (χ3n) is 3.76. The summed E-state index contributed by atoms with van der Waals surface area (Å²) in [4.78, 5) is 20.2. The molecule has 0 radical (unpaired) electrons. The van der Waals surface area contributed by atoms with E-state index in [9.17, 15) is 9.59 Å². The van der Waals surface area contributed by atoms with Gasteiger partial charge in [0.2, 0.25) is 0 Å². The van der Waals surface area contributed by atoms with Crippen molar-refractivity contribution in [1.29, 1.82) is 0 Å².